The van der Waals surface area contributed by atoms with E-state index in [9.17, 15) is 14.5 Å². The van der Waals surface area contributed by atoms with Crippen molar-refractivity contribution in [3.63, 3.8) is 0 Å². The number of rotatable bonds is 7. The summed E-state index contributed by atoms with van der Waals surface area (Å²) < 4.78 is 17.0. The zero-order valence-electron chi connectivity index (χ0n) is 11.4. The first kappa shape index (κ1) is 16.6. The van der Waals surface area contributed by atoms with Gasteiger partial charge in [0.25, 0.3) is 5.56 Å². The van der Waals surface area contributed by atoms with Gasteiger partial charge in [0, 0.05) is 6.61 Å². The standard InChI is InChI=1S/C10H16N5O6P/c11-10-14-8-7(12-5-13-8)9(17)15(10)6(4-16)21-2-1-3-22(18,19)20/h5-6,16H,1-4H2,(H2,11,14)(H,12,13)(H2,18,19,20). The summed E-state index contributed by atoms with van der Waals surface area (Å²) in [6.45, 7) is -0.620. The maximum Gasteiger partial charge on any atom is 0.325 e. The highest BCUT2D eigenvalue weighted by atomic mass is 31.2. The van der Waals surface area contributed by atoms with Crippen LogP contribution in [0.15, 0.2) is 11.1 Å². The molecule has 0 fully saturated rings. The van der Waals surface area contributed by atoms with Gasteiger partial charge in [-0.3, -0.25) is 9.36 Å². The summed E-state index contributed by atoms with van der Waals surface area (Å²) in [5, 5.41) is 9.36. The molecule has 22 heavy (non-hydrogen) atoms. The number of H-pyrrole nitrogens is 1. The predicted octanol–water partition coefficient (Wildman–Crippen LogP) is -1.22. The molecule has 2 aromatic rings. The summed E-state index contributed by atoms with van der Waals surface area (Å²) in [4.78, 5) is 40.1. The highest BCUT2D eigenvalue weighted by Gasteiger charge is 2.20. The van der Waals surface area contributed by atoms with Gasteiger partial charge in [0.05, 0.1) is 19.1 Å². The molecule has 11 nitrogen and oxygen atoms in total. The van der Waals surface area contributed by atoms with Crippen molar-refractivity contribution < 1.29 is 24.2 Å². The first-order chi connectivity index (χ1) is 10.3. The van der Waals surface area contributed by atoms with E-state index >= 15 is 0 Å². The Hall–Kier alpha value is -1.78. The molecule has 0 amide bonds. The number of aromatic nitrogens is 4. The van der Waals surface area contributed by atoms with Crippen LogP contribution in [0.1, 0.15) is 12.6 Å². The molecule has 0 bridgehead atoms. The van der Waals surface area contributed by atoms with Gasteiger partial charge < -0.3 is 30.3 Å². The van der Waals surface area contributed by atoms with E-state index in [1.807, 2.05) is 0 Å². The van der Waals surface area contributed by atoms with Gasteiger partial charge >= 0.3 is 7.60 Å². The normalized spacial score (nSPS) is 13.6. The number of nitrogens with zero attached hydrogens (tertiary/aromatic N) is 3. The minimum atomic E-state index is -4.11. The van der Waals surface area contributed by atoms with E-state index in [0.29, 0.717) is 0 Å². The number of aliphatic hydroxyl groups is 1. The van der Waals surface area contributed by atoms with Crippen LogP contribution in [-0.4, -0.2) is 53.8 Å². The maximum atomic E-state index is 12.3. The second-order valence-electron chi connectivity index (χ2n) is 4.50. The molecule has 1 atom stereocenters. The summed E-state index contributed by atoms with van der Waals surface area (Å²) in [5.41, 5.74) is 5.38. The Morgan fingerprint density at radius 2 is 2.23 bits per heavy atom. The molecule has 0 aliphatic heterocycles. The molecule has 0 aliphatic carbocycles. The first-order valence-electron chi connectivity index (χ1n) is 6.31. The molecule has 122 valence electrons. The van der Waals surface area contributed by atoms with E-state index in [-0.39, 0.29) is 36.3 Å². The van der Waals surface area contributed by atoms with Crippen LogP contribution in [0.25, 0.3) is 11.2 Å². The summed E-state index contributed by atoms with van der Waals surface area (Å²) in [5.74, 6) is -0.182. The Labute approximate surface area is 123 Å². The number of nitrogens with one attached hydrogen (secondary N) is 1. The minimum Gasteiger partial charge on any atom is -0.392 e. The van der Waals surface area contributed by atoms with Crippen LogP contribution >= 0.6 is 7.60 Å². The molecule has 0 spiro atoms. The first-order valence-corrected chi connectivity index (χ1v) is 8.11. The zero-order valence-corrected chi connectivity index (χ0v) is 12.3. The average molecular weight is 333 g/mol. The largest absolute Gasteiger partial charge is 0.392 e. The monoisotopic (exact) mass is 333 g/mol. The Kier molecular flexibility index (Phi) is 4.94. The highest BCUT2D eigenvalue weighted by Crippen LogP contribution is 2.34. The van der Waals surface area contributed by atoms with Crippen molar-refractivity contribution in [3.05, 3.63) is 16.7 Å². The van der Waals surface area contributed by atoms with Gasteiger partial charge in [-0.05, 0) is 6.42 Å². The predicted molar refractivity (Wildman–Crippen MR) is 76.2 cm³/mol. The van der Waals surface area contributed by atoms with Crippen molar-refractivity contribution in [2.24, 2.45) is 0 Å². The highest BCUT2D eigenvalue weighted by molar-refractivity contribution is 7.51. The molecular weight excluding hydrogens is 317 g/mol. The molecule has 0 radical (unpaired) electrons. The van der Waals surface area contributed by atoms with E-state index in [4.69, 9.17) is 20.3 Å². The lowest BCUT2D eigenvalue weighted by molar-refractivity contribution is -0.0349. The maximum absolute atomic E-state index is 12.3. The molecular formula is C10H16N5O6P. The third kappa shape index (κ3) is 3.70. The van der Waals surface area contributed by atoms with Crippen LogP contribution in [0.4, 0.5) is 5.95 Å². The van der Waals surface area contributed by atoms with Gasteiger partial charge in [0.1, 0.15) is 0 Å². The van der Waals surface area contributed by atoms with Gasteiger partial charge in [0.15, 0.2) is 17.4 Å². The lowest BCUT2D eigenvalue weighted by atomic mass is 10.4. The van der Waals surface area contributed by atoms with Crippen LogP contribution in [0.3, 0.4) is 0 Å². The topological polar surface area (TPSA) is 177 Å². The van der Waals surface area contributed by atoms with E-state index in [1.165, 1.54) is 6.33 Å². The van der Waals surface area contributed by atoms with Gasteiger partial charge in [0.2, 0.25) is 5.95 Å². The smallest absolute Gasteiger partial charge is 0.325 e. The van der Waals surface area contributed by atoms with Gasteiger partial charge in [-0.1, -0.05) is 0 Å². The molecule has 0 saturated carbocycles. The average Bonchev–Trinajstić information content (AvgIpc) is 2.88. The summed E-state index contributed by atoms with van der Waals surface area (Å²) in [7, 11) is -4.11. The summed E-state index contributed by atoms with van der Waals surface area (Å²) in [6, 6.07) is 0. The van der Waals surface area contributed by atoms with Crippen molar-refractivity contribution in [2.75, 3.05) is 25.1 Å². The number of ether oxygens (including phenoxy) is 1. The van der Waals surface area contributed by atoms with E-state index in [0.717, 1.165) is 4.57 Å². The molecule has 0 saturated heterocycles. The van der Waals surface area contributed by atoms with Crippen molar-refractivity contribution in [1.29, 1.82) is 0 Å². The summed E-state index contributed by atoms with van der Waals surface area (Å²) >= 11 is 0. The van der Waals surface area contributed by atoms with Crippen LogP contribution in [0, 0.1) is 0 Å². The molecule has 12 heteroatoms. The molecule has 2 heterocycles. The zero-order chi connectivity index (χ0) is 16.3. The molecule has 2 aromatic heterocycles. The van der Waals surface area contributed by atoms with Crippen molar-refractivity contribution in [2.45, 2.75) is 12.6 Å². The second kappa shape index (κ2) is 6.55. The number of hydrogen-bond acceptors (Lipinski definition) is 7. The number of fused-ring (bicyclic) bond motifs is 1. The Bertz CT molecular complexity index is 752. The third-order valence-corrected chi connectivity index (χ3v) is 3.77. The Morgan fingerprint density at radius 3 is 2.86 bits per heavy atom. The number of aliphatic hydroxyl groups excluding tert-OH is 1. The fourth-order valence-corrected chi connectivity index (χ4v) is 2.43. The number of anilines is 1. The molecule has 0 aliphatic rings. The molecule has 6 N–H and O–H groups in total. The molecule has 0 aromatic carbocycles. The fraction of sp³-hybridized carbons (Fsp3) is 0.500. The lowest BCUT2D eigenvalue weighted by Crippen LogP contribution is -2.32. The van der Waals surface area contributed by atoms with Crippen LogP contribution in [-0.2, 0) is 9.30 Å². The minimum absolute atomic E-state index is 0.0646. The quantitative estimate of drug-likeness (QED) is 0.307. The second-order valence-corrected chi connectivity index (χ2v) is 6.27. The number of hydrogen-bond donors (Lipinski definition) is 5. The fourth-order valence-electron chi connectivity index (χ4n) is 1.89. The SMILES string of the molecule is Nc1nc2nc[nH]c2c(=O)n1C(CO)OCCCP(=O)(O)O. The van der Waals surface area contributed by atoms with Crippen LogP contribution in [0.2, 0.25) is 0 Å². The van der Waals surface area contributed by atoms with E-state index in [2.05, 4.69) is 15.0 Å². The van der Waals surface area contributed by atoms with Crippen LogP contribution in [0.5, 0.6) is 0 Å². The van der Waals surface area contributed by atoms with E-state index in [1.54, 1.807) is 0 Å². The Balaban J connectivity index is 2.17. The van der Waals surface area contributed by atoms with Crippen molar-refractivity contribution in [3.8, 4) is 0 Å². The van der Waals surface area contributed by atoms with Gasteiger partial charge in [-0.15, -0.1) is 0 Å². The number of nitrogen functional groups attached to an aromatic ring is 1. The number of imidazole rings is 1. The Morgan fingerprint density at radius 1 is 1.50 bits per heavy atom. The number of aromatic amines is 1. The lowest BCUT2D eigenvalue weighted by Gasteiger charge is -2.19. The van der Waals surface area contributed by atoms with E-state index < -0.39 is 26.0 Å². The molecule has 1 unspecified atom stereocenters. The summed E-state index contributed by atoms with van der Waals surface area (Å²) in [6.07, 6.45) is -0.107. The van der Waals surface area contributed by atoms with Gasteiger partial charge in [-0.25, -0.2) is 9.55 Å². The number of nitrogens with two attached hydrogens (primary N) is 1. The van der Waals surface area contributed by atoms with Gasteiger partial charge in [-0.2, -0.15) is 4.98 Å². The molecule has 2 rings (SSSR count). The van der Waals surface area contributed by atoms with Crippen LogP contribution < -0.4 is 11.3 Å². The third-order valence-electron chi connectivity index (χ3n) is 2.87. The van der Waals surface area contributed by atoms with Crippen molar-refractivity contribution in [1.82, 2.24) is 19.5 Å². The van der Waals surface area contributed by atoms with Crippen molar-refractivity contribution >= 4 is 24.7 Å².